The Balaban J connectivity index is 0.00000261. The van der Waals surface area contributed by atoms with Crippen LogP contribution in [0.25, 0.3) is 0 Å². The molecule has 150 valence electrons. The molecular weight excluding hydrogens is 460 g/mol. The third kappa shape index (κ3) is 6.82. The molecule has 1 amide bonds. The molecule has 1 atom stereocenters. The van der Waals surface area contributed by atoms with Crippen LogP contribution in [0.4, 0.5) is 10.1 Å². The van der Waals surface area contributed by atoms with Crippen LogP contribution in [0.5, 0.6) is 0 Å². The van der Waals surface area contributed by atoms with Gasteiger partial charge >= 0.3 is 0 Å². The molecule has 2 fully saturated rings. The number of rotatable bonds is 5. The van der Waals surface area contributed by atoms with Gasteiger partial charge in [-0.25, -0.2) is 9.38 Å². The summed E-state index contributed by atoms with van der Waals surface area (Å²) < 4.78 is 13.5. The van der Waals surface area contributed by atoms with Crippen LogP contribution in [0.1, 0.15) is 25.7 Å². The average molecular weight is 489 g/mol. The Bertz CT molecular complexity index is 665. The molecule has 27 heavy (non-hydrogen) atoms. The first-order valence-electron chi connectivity index (χ1n) is 9.29. The number of carbonyl (C=O) groups excluding carboxylic acids is 1. The number of aliphatic imine (C=N–C) groups is 1. The van der Waals surface area contributed by atoms with Crippen molar-refractivity contribution in [2.24, 2.45) is 4.99 Å². The molecule has 0 spiro atoms. The Labute approximate surface area is 177 Å². The summed E-state index contributed by atoms with van der Waals surface area (Å²) in [4.78, 5) is 20.0. The van der Waals surface area contributed by atoms with Gasteiger partial charge in [-0.05, 0) is 43.9 Å². The minimum atomic E-state index is -0.211. The van der Waals surface area contributed by atoms with Gasteiger partial charge in [0.25, 0.3) is 0 Å². The number of likely N-dealkylation sites (N-methyl/N-ethyl adjacent to an activating group) is 1. The van der Waals surface area contributed by atoms with E-state index in [0.29, 0.717) is 12.0 Å². The van der Waals surface area contributed by atoms with E-state index < -0.39 is 0 Å². The van der Waals surface area contributed by atoms with E-state index in [2.05, 4.69) is 20.5 Å². The van der Waals surface area contributed by atoms with Crippen molar-refractivity contribution >= 4 is 41.5 Å². The Morgan fingerprint density at radius 3 is 2.67 bits per heavy atom. The first-order valence-corrected chi connectivity index (χ1v) is 9.29. The predicted octanol–water partition coefficient (Wildman–Crippen LogP) is 2.20. The van der Waals surface area contributed by atoms with E-state index in [-0.39, 0.29) is 48.3 Å². The van der Waals surface area contributed by atoms with Crippen LogP contribution in [-0.2, 0) is 4.79 Å². The minimum Gasteiger partial charge on any atom is -0.369 e. The highest BCUT2D eigenvalue weighted by Gasteiger charge is 2.25. The molecule has 0 radical (unpaired) electrons. The van der Waals surface area contributed by atoms with Crippen LogP contribution < -0.4 is 15.5 Å². The number of carbonyl (C=O) groups is 1. The first kappa shape index (κ1) is 21.7. The van der Waals surface area contributed by atoms with Crippen molar-refractivity contribution in [1.29, 1.82) is 0 Å². The standard InChI is InChI=1S/C19H28FN5O.HI/c1-24(2)18(26)12-21-19(22-15-8-9-15)23-16-6-4-10-25(13-16)17-7-3-5-14(20)11-17;/h3,5,7,11,15-16H,4,6,8-10,12-13H2,1-2H3,(H2,21,22,23);1H. The van der Waals surface area contributed by atoms with Crippen LogP contribution in [0.2, 0.25) is 0 Å². The Kier molecular flexibility index (Phi) is 8.12. The van der Waals surface area contributed by atoms with E-state index in [1.807, 2.05) is 6.07 Å². The predicted molar refractivity (Wildman–Crippen MR) is 117 cm³/mol. The monoisotopic (exact) mass is 489 g/mol. The van der Waals surface area contributed by atoms with Gasteiger partial charge in [0.15, 0.2) is 5.96 Å². The van der Waals surface area contributed by atoms with Gasteiger partial charge in [-0.3, -0.25) is 4.79 Å². The van der Waals surface area contributed by atoms with E-state index in [9.17, 15) is 9.18 Å². The fourth-order valence-corrected chi connectivity index (χ4v) is 3.04. The molecule has 3 rings (SSSR count). The van der Waals surface area contributed by atoms with Crippen molar-refractivity contribution < 1.29 is 9.18 Å². The molecule has 1 heterocycles. The van der Waals surface area contributed by atoms with E-state index >= 15 is 0 Å². The third-order valence-corrected chi connectivity index (χ3v) is 4.73. The lowest BCUT2D eigenvalue weighted by Gasteiger charge is -2.35. The van der Waals surface area contributed by atoms with Gasteiger partial charge in [0.1, 0.15) is 12.4 Å². The van der Waals surface area contributed by atoms with Crippen LogP contribution in [0.15, 0.2) is 29.3 Å². The maximum Gasteiger partial charge on any atom is 0.243 e. The lowest BCUT2D eigenvalue weighted by Crippen LogP contribution is -2.52. The summed E-state index contributed by atoms with van der Waals surface area (Å²) in [6.07, 6.45) is 4.34. The van der Waals surface area contributed by atoms with Gasteiger partial charge in [-0.1, -0.05) is 6.07 Å². The second-order valence-corrected chi connectivity index (χ2v) is 7.28. The van der Waals surface area contributed by atoms with Crippen molar-refractivity contribution in [1.82, 2.24) is 15.5 Å². The number of nitrogens with one attached hydrogen (secondary N) is 2. The van der Waals surface area contributed by atoms with E-state index in [1.54, 1.807) is 31.1 Å². The Hall–Kier alpha value is -1.58. The van der Waals surface area contributed by atoms with Crippen LogP contribution in [0.3, 0.4) is 0 Å². The second kappa shape index (κ2) is 10.1. The maximum absolute atomic E-state index is 13.5. The molecule has 1 aliphatic carbocycles. The molecule has 1 saturated carbocycles. The second-order valence-electron chi connectivity index (χ2n) is 7.28. The van der Waals surface area contributed by atoms with Crippen molar-refractivity contribution in [3.8, 4) is 0 Å². The highest BCUT2D eigenvalue weighted by atomic mass is 127. The smallest absolute Gasteiger partial charge is 0.243 e. The molecule has 6 nitrogen and oxygen atoms in total. The average Bonchev–Trinajstić information content (AvgIpc) is 3.43. The largest absolute Gasteiger partial charge is 0.369 e. The highest BCUT2D eigenvalue weighted by Crippen LogP contribution is 2.21. The van der Waals surface area contributed by atoms with E-state index in [4.69, 9.17) is 0 Å². The van der Waals surface area contributed by atoms with Gasteiger partial charge in [-0.15, -0.1) is 24.0 Å². The number of hydrogen-bond donors (Lipinski definition) is 2. The molecule has 1 aromatic rings. The summed E-state index contributed by atoms with van der Waals surface area (Å²) in [6.45, 7) is 1.84. The molecule has 2 N–H and O–H groups in total. The number of piperidine rings is 1. The van der Waals surface area contributed by atoms with E-state index in [1.165, 1.54) is 6.07 Å². The molecule has 0 bridgehead atoms. The topological polar surface area (TPSA) is 60.0 Å². The number of hydrogen-bond acceptors (Lipinski definition) is 3. The lowest BCUT2D eigenvalue weighted by atomic mass is 10.0. The molecular formula is C19H29FIN5O. The lowest BCUT2D eigenvalue weighted by molar-refractivity contribution is -0.127. The van der Waals surface area contributed by atoms with Crippen LogP contribution in [0, 0.1) is 5.82 Å². The van der Waals surface area contributed by atoms with Gasteiger partial charge < -0.3 is 20.4 Å². The molecule has 1 aromatic carbocycles. The van der Waals surface area contributed by atoms with Gasteiger partial charge in [0, 0.05) is 45.0 Å². The highest BCUT2D eigenvalue weighted by molar-refractivity contribution is 14.0. The van der Waals surface area contributed by atoms with Crippen molar-refractivity contribution in [2.75, 3.05) is 38.6 Å². The summed E-state index contributed by atoms with van der Waals surface area (Å²) in [5.41, 5.74) is 0.910. The first-order chi connectivity index (χ1) is 12.5. The van der Waals surface area contributed by atoms with Crippen LogP contribution >= 0.6 is 24.0 Å². The van der Waals surface area contributed by atoms with E-state index in [0.717, 1.165) is 44.5 Å². The SMILES string of the molecule is CN(C)C(=O)CN=C(NC1CC1)NC1CCCN(c2cccc(F)c2)C1.I. The van der Waals surface area contributed by atoms with Gasteiger partial charge in [-0.2, -0.15) is 0 Å². The molecule has 0 aromatic heterocycles. The summed E-state index contributed by atoms with van der Waals surface area (Å²) in [7, 11) is 3.47. The number of benzene rings is 1. The zero-order chi connectivity index (χ0) is 18.5. The Morgan fingerprint density at radius 2 is 2.00 bits per heavy atom. The normalized spacial score (nSPS) is 19.9. The number of anilines is 1. The molecule has 1 saturated heterocycles. The molecule has 1 unspecified atom stereocenters. The summed E-state index contributed by atoms with van der Waals surface area (Å²) >= 11 is 0. The molecule has 1 aliphatic heterocycles. The fourth-order valence-electron chi connectivity index (χ4n) is 3.04. The zero-order valence-corrected chi connectivity index (χ0v) is 18.3. The third-order valence-electron chi connectivity index (χ3n) is 4.73. The maximum atomic E-state index is 13.5. The quantitative estimate of drug-likeness (QED) is 0.379. The molecule has 2 aliphatic rings. The number of nitrogens with zero attached hydrogens (tertiary/aromatic N) is 3. The summed E-state index contributed by atoms with van der Waals surface area (Å²) in [5.74, 6) is 0.471. The molecule has 8 heteroatoms. The van der Waals surface area contributed by atoms with Crippen molar-refractivity contribution in [2.45, 2.75) is 37.8 Å². The number of halogens is 2. The van der Waals surface area contributed by atoms with Gasteiger partial charge in [0.05, 0.1) is 0 Å². The minimum absolute atomic E-state index is 0. The number of guanidine groups is 1. The van der Waals surface area contributed by atoms with Crippen molar-refractivity contribution in [3.05, 3.63) is 30.1 Å². The zero-order valence-electron chi connectivity index (χ0n) is 15.9. The summed E-state index contributed by atoms with van der Waals surface area (Å²) in [6, 6.07) is 7.41. The van der Waals surface area contributed by atoms with Crippen LogP contribution in [-0.4, -0.2) is 62.6 Å². The number of amides is 1. The Morgan fingerprint density at radius 1 is 1.26 bits per heavy atom. The van der Waals surface area contributed by atoms with Crippen molar-refractivity contribution in [3.63, 3.8) is 0 Å². The summed E-state index contributed by atoms with van der Waals surface area (Å²) in [5, 5.41) is 6.85. The fraction of sp³-hybridized carbons (Fsp3) is 0.579. The van der Waals surface area contributed by atoms with Gasteiger partial charge in [0.2, 0.25) is 5.91 Å².